The summed E-state index contributed by atoms with van der Waals surface area (Å²) in [6.45, 7) is 0.189. The van der Waals surface area contributed by atoms with Crippen molar-refractivity contribution in [2.75, 3.05) is 5.32 Å². The molecule has 2 aromatic heterocycles. The summed E-state index contributed by atoms with van der Waals surface area (Å²) in [7, 11) is 0. The van der Waals surface area contributed by atoms with E-state index in [1.54, 1.807) is 0 Å². The second-order valence-electron chi connectivity index (χ2n) is 6.17. The first-order valence-electron chi connectivity index (χ1n) is 8.15. The number of fused-ring (bicyclic) bond motifs is 1. The third-order valence-corrected chi connectivity index (χ3v) is 4.30. The molecular weight excluding hydrogens is 343 g/mol. The Morgan fingerprint density at radius 1 is 1.15 bits per heavy atom. The predicted molar refractivity (Wildman–Crippen MR) is 89.3 cm³/mol. The fraction of sp³-hybridized carbons (Fsp3) is 0.278. The van der Waals surface area contributed by atoms with Gasteiger partial charge in [-0.3, -0.25) is 0 Å². The van der Waals surface area contributed by atoms with Crippen molar-refractivity contribution in [1.29, 1.82) is 5.26 Å². The number of pyridine rings is 1. The van der Waals surface area contributed by atoms with Crippen LogP contribution in [0.2, 0.25) is 0 Å². The van der Waals surface area contributed by atoms with Crippen molar-refractivity contribution in [1.82, 2.24) is 14.5 Å². The van der Waals surface area contributed by atoms with Gasteiger partial charge in [0, 0.05) is 6.04 Å². The number of anilines is 1. The number of imidazole rings is 1. The summed E-state index contributed by atoms with van der Waals surface area (Å²) in [6.07, 6.45) is -2.46. The molecule has 1 aliphatic rings. The van der Waals surface area contributed by atoms with Gasteiger partial charge in [-0.25, -0.2) is 9.97 Å². The standard InChI is InChI=1S/C18H14F3N5/c19-18(20,21)15-8-5-11(9-22)17(25-15)23-10-16-24-13-3-1-2-4-14(13)26(16)12-6-7-12/h1-5,8,12H,6-7,10H2,(H,23,25). The first-order chi connectivity index (χ1) is 12.5. The van der Waals surface area contributed by atoms with Crippen molar-refractivity contribution in [2.24, 2.45) is 0 Å². The molecule has 4 rings (SSSR count). The third kappa shape index (κ3) is 2.96. The molecule has 1 aromatic carbocycles. The molecule has 0 bridgehead atoms. The molecule has 1 saturated carbocycles. The number of alkyl halides is 3. The number of halogens is 3. The van der Waals surface area contributed by atoms with Gasteiger partial charge in [0.25, 0.3) is 0 Å². The van der Waals surface area contributed by atoms with E-state index in [1.807, 2.05) is 30.3 Å². The van der Waals surface area contributed by atoms with Gasteiger partial charge in [0.2, 0.25) is 0 Å². The SMILES string of the molecule is N#Cc1ccc(C(F)(F)F)nc1NCc1nc2ccccc2n1C1CC1. The molecule has 0 aliphatic heterocycles. The van der Waals surface area contributed by atoms with Crippen LogP contribution in [0.4, 0.5) is 19.0 Å². The molecule has 0 amide bonds. The van der Waals surface area contributed by atoms with Gasteiger partial charge in [-0.15, -0.1) is 0 Å². The lowest BCUT2D eigenvalue weighted by Gasteiger charge is -2.12. The summed E-state index contributed by atoms with van der Waals surface area (Å²) in [5, 5.41) is 12.0. The topological polar surface area (TPSA) is 66.5 Å². The lowest BCUT2D eigenvalue weighted by Crippen LogP contribution is -2.13. The fourth-order valence-electron chi connectivity index (χ4n) is 2.96. The van der Waals surface area contributed by atoms with E-state index >= 15 is 0 Å². The van der Waals surface area contributed by atoms with Crippen LogP contribution in [0.1, 0.15) is 36.0 Å². The van der Waals surface area contributed by atoms with E-state index < -0.39 is 11.9 Å². The van der Waals surface area contributed by atoms with E-state index in [1.165, 1.54) is 0 Å². The van der Waals surface area contributed by atoms with Gasteiger partial charge < -0.3 is 9.88 Å². The second kappa shape index (κ2) is 6.02. The largest absolute Gasteiger partial charge is 0.433 e. The Labute approximate surface area is 147 Å². The Hall–Kier alpha value is -3.08. The van der Waals surface area contributed by atoms with Gasteiger partial charge >= 0.3 is 6.18 Å². The molecule has 132 valence electrons. The molecule has 5 nitrogen and oxygen atoms in total. The fourth-order valence-corrected chi connectivity index (χ4v) is 2.96. The summed E-state index contributed by atoms with van der Waals surface area (Å²) in [5.74, 6) is 0.633. The van der Waals surface area contributed by atoms with Crippen molar-refractivity contribution in [2.45, 2.75) is 31.6 Å². The van der Waals surface area contributed by atoms with Crippen LogP contribution in [0.25, 0.3) is 11.0 Å². The van der Waals surface area contributed by atoms with Gasteiger partial charge in [-0.05, 0) is 37.1 Å². The second-order valence-corrected chi connectivity index (χ2v) is 6.17. The van der Waals surface area contributed by atoms with Crippen molar-refractivity contribution in [3.05, 3.63) is 53.5 Å². The molecule has 1 fully saturated rings. The minimum Gasteiger partial charge on any atom is -0.362 e. The first kappa shape index (κ1) is 16.4. The molecule has 26 heavy (non-hydrogen) atoms. The van der Waals surface area contributed by atoms with Crippen LogP contribution in [0.15, 0.2) is 36.4 Å². The average molecular weight is 357 g/mol. The van der Waals surface area contributed by atoms with Crippen LogP contribution in [0, 0.1) is 11.3 Å². The number of benzene rings is 1. The number of hydrogen-bond acceptors (Lipinski definition) is 4. The summed E-state index contributed by atoms with van der Waals surface area (Å²) in [6, 6.07) is 11.9. The van der Waals surface area contributed by atoms with Gasteiger partial charge in [0.15, 0.2) is 0 Å². The third-order valence-electron chi connectivity index (χ3n) is 4.30. The first-order valence-corrected chi connectivity index (χ1v) is 8.15. The summed E-state index contributed by atoms with van der Waals surface area (Å²) >= 11 is 0. The van der Waals surface area contributed by atoms with Crippen LogP contribution in [-0.4, -0.2) is 14.5 Å². The highest BCUT2D eigenvalue weighted by Gasteiger charge is 2.33. The molecule has 0 unspecified atom stereocenters. The Balaban J connectivity index is 1.67. The van der Waals surface area contributed by atoms with E-state index in [0.29, 0.717) is 6.04 Å². The minimum atomic E-state index is -4.56. The predicted octanol–water partition coefficient (Wildman–Crippen LogP) is 4.27. The quantitative estimate of drug-likeness (QED) is 0.757. The lowest BCUT2D eigenvalue weighted by molar-refractivity contribution is -0.141. The van der Waals surface area contributed by atoms with Crippen LogP contribution in [0.3, 0.4) is 0 Å². The lowest BCUT2D eigenvalue weighted by atomic mass is 10.2. The van der Waals surface area contributed by atoms with Crippen molar-refractivity contribution in [3.8, 4) is 6.07 Å². The van der Waals surface area contributed by atoms with Crippen LogP contribution in [0.5, 0.6) is 0 Å². The van der Waals surface area contributed by atoms with E-state index in [-0.39, 0.29) is 17.9 Å². The zero-order chi connectivity index (χ0) is 18.3. The summed E-state index contributed by atoms with van der Waals surface area (Å²) < 4.78 is 40.8. The monoisotopic (exact) mass is 357 g/mol. The number of rotatable bonds is 4. The van der Waals surface area contributed by atoms with Gasteiger partial charge in [-0.2, -0.15) is 18.4 Å². The molecule has 2 heterocycles. The number of hydrogen-bond donors (Lipinski definition) is 1. The maximum absolute atomic E-state index is 12.9. The van der Waals surface area contributed by atoms with Gasteiger partial charge in [0.1, 0.15) is 23.4 Å². The number of para-hydroxylation sites is 2. The van der Waals surface area contributed by atoms with Crippen molar-refractivity contribution in [3.63, 3.8) is 0 Å². The normalized spacial score (nSPS) is 14.4. The van der Waals surface area contributed by atoms with Crippen LogP contribution >= 0.6 is 0 Å². The number of nitrogens with zero attached hydrogens (tertiary/aromatic N) is 4. The molecular formula is C18H14F3N5. The highest BCUT2D eigenvalue weighted by molar-refractivity contribution is 5.76. The molecule has 1 aliphatic carbocycles. The minimum absolute atomic E-state index is 0.0621. The smallest absolute Gasteiger partial charge is 0.362 e. The number of nitriles is 1. The summed E-state index contributed by atoms with van der Waals surface area (Å²) in [4.78, 5) is 8.16. The molecule has 0 radical (unpaired) electrons. The zero-order valence-corrected chi connectivity index (χ0v) is 13.6. The maximum Gasteiger partial charge on any atom is 0.433 e. The number of nitrogens with one attached hydrogen (secondary N) is 1. The Bertz CT molecular complexity index is 1010. The molecule has 0 spiro atoms. The molecule has 0 atom stereocenters. The highest BCUT2D eigenvalue weighted by Crippen LogP contribution is 2.38. The van der Waals surface area contributed by atoms with Crippen LogP contribution in [-0.2, 0) is 12.7 Å². The van der Waals surface area contributed by atoms with Gasteiger partial charge in [-0.1, -0.05) is 12.1 Å². The maximum atomic E-state index is 12.9. The highest BCUT2D eigenvalue weighted by atomic mass is 19.4. The van der Waals surface area contributed by atoms with E-state index in [4.69, 9.17) is 5.26 Å². The molecule has 1 N–H and O–H groups in total. The number of aromatic nitrogens is 3. The Morgan fingerprint density at radius 3 is 2.62 bits per heavy atom. The molecule has 8 heteroatoms. The van der Waals surface area contributed by atoms with E-state index in [2.05, 4.69) is 19.9 Å². The average Bonchev–Trinajstić information content (AvgIpc) is 3.39. The van der Waals surface area contributed by atoms with E-state index in [0.717, 1.165) is 41.8 Å². The van der Waals surface area contributed by atoms with E-state index in [9.17, 15) is 13.2 Å². The zero-order valence-electron chi connectivity index (χ0n) is 13.6. The van der Waals surface area contributed by atoms with Crippen molar-refractivity contribution < 1.29 is 13.2 Å². The van der Waals surface area contributed by atoms with Crippen molar-refractivity contribution >= 4 is 16.9 Å². The van der Waals surface area contributed by atoms with Crippen LogP contribution < -0.4 is 5.32 Å². The Morgan fingerprint density at radius 2 is 1.92 bits per heavy atom. The summed E-state index contributed by atoms with van der Waals surface area (Å²) in [5.41, 5.74) is 0.875. The molecule has 3 aromatic rings. The molecule has 0 saturated heterocycles. The Kier molecular flexibility index (Phi) is 3.80. The van der Waals surface area contributed by atoms with Gasteiger partial charge in [0.05, 0.1) is 23.1 Å².